The molecule has 0 radical (unpaired) electrons. The Morgan fingerprint density at radius 2 is 2.22 bits per heavy atom. The number of rotatable bonds is 4. The number of para-hydroxylation sites is 1. The molecule has 0 aliphatic carbocycles. The van der Waals surface area contributed by atoms with E-state index in [-0.39, 0.29) is 24.0 Å². The van der Waals surface area contributed by atoms with Gasteiger partial charge >= 0.3 is 6.09 Å². The molecular weight excluding hydrogens is 240 g/mol. The fraction of sp³-hybridized carbons (Fsp3) is 0.364. The number of nitrogens with zero attached hydrogens (tertiary/aromatic N) is 1. The number of hydrogen-bond acceptors (Lipinski definition) is 5. The molecule has 0 bridgehead atoms. The lowest BCUT2D eigenvalue weighted by atomic mass is 10.2. The van der Waals surface area contributed by atoms with E-state index in [2.05, 4.69) is 5.32 Å². The van der Waals surface area contributed by atoms with Crippen LogP contribution in [0.2, 0.25) is 0 Å². The van der Waals surface area contributed by atoms with E-state index in [1.165, 1.54) is 18.2 Å². The van der Waals surface area contributed by atoms with Crippen molar-refractivity contribution in [3.8, 4) is 5.75 Å². The van der Waals surface area contributed by atoms with Gasteiger partial charge in [-0.3, -0.25) is 15.4 Å². The summed E-state index contributed by atoms with van der Waals surface area (Å²) in [6.07, 6.45) is -0.840. The van der Waals surface area contributed by atoms with Crippen molar-refractivity contribution >= 4 is 17.5 Å². The number of carbonyl (C=O) groups is 1. The fourth-order valence-corrected chi connectivity index (χ4v) is 1.19. The van der Waals surface area contributed by atoms with Crippen LogP contribution in [-0.4, -0.2) is 22.7 Å². The van der Waals surface area contributed by atoms with Gasteiger partial charge in [0.15, 0.2) is 5.69 Å². The van der Waals surface area contributed by atoms with Crippen LogP contribution in [0.5, 0.6) is 5.75 Å². The van der Waals surface area contributed by atoms with Crippen molar-refractivity contribution < 1.29 is 19.6 Å². The molecule has 18 heavy (non-hydrogen) atoms. The lowest BCUT2D eigenvalue weighted by molar-refractivity contribution is -0.384. The number of nitro groups is 1. The van der Waals surface area contributed by atoms with Crippen LogP contribution < -0.4 is 5.32 Å². The second kappa shape index (κ2) is 5.85. The van der Waals surface area contributed by atoms with Gasteiger partial charge in [0.05, 0.1) is 11.5 Å². The van der Waals surface area contributed by atoms with Crippen molar-refractivity contribution in [2.45, 2.75) is 13.8 Å². The van der Waals surface area contributed by atoms with Gasteiger partial charge in [-0.25, -0.2) is 4.79 Å². The lowest BCUT2D eigenvalue weighted by Gasteiger charge is -2.09. The van der Waals surface area contributed by atoms with Gasteiger partial charge in [0.2, 0.25) is 0 Å². The molecule has 0 aliphatic heterocycles. The molecular formula is C11H14N2O5. The molecule has 0 saturated carbocycles. The van der Waals surface area contributed by atoms with Crippen LogP contribution in [0.4, 0.5) is 16.2 Å². The number of amides is 1. The van der Waals surface area contributed by atoms with Gasteiger partial charge in [-0.2, -0.15) is 0 Å². The number of anilines is 1. The average Bonchev–Trinajstić information content (AvgIpc) is 2.28. The van der Waals surface area contributed by atoms with Gasteiger partial charge in [0.25, 0.3) is 5.69 Å². The number of benzene rings is 1. The van der Waals surface area contributed by atoms with E-state index >= 15 is 0 Å². The minimum Gasteiger partial charge on any atom is -0.505 e. The van der Waals surface area contributed by atoms with E-state index in [0.29, 0.717) is 0 Å². The van der Waals surface area contributed by atoms with Gasteiger partial charge < -0.3 is 9.84 Å². The summed E-state index contributed by atoms with van der Waals surface area (Å²) in [5.74, 6) is -0.235. The molecule has 0 spiro atoms. The van der Waals surface area contributed by atoms with Crippen molar-refractivity contribution in [3.63, 3.8) is 0 Å². The Balaban J connectivity index is 2.83. The molecule has 1 aromatic carbocycles. The van der Waals surface area contributed by atoms with Crippen LogP contribution in [-0.2, 0) is 4.74 Å². The topological polar surface area (TPSA) is 102 Å². The Bertz CT molecular complexity index is 459. The summed E-state index contributed by atoms with van der Waals surface area (Å²) in [4.78, 5) is 21.4. The second-order valence-electron chi connectivity index (χ2n) is 4.05. The number of hydrogen-bond donors (Lipinski definition) is 2. The van der Waals surface area contributed by atoms with E-state index in [4.69, 9.17) is 4.74 Å². The first-order chi connectivity index (χ1) is 8.41. The number of carbonyl (C=O) groups excluding carboxylic acids is 1. The van der Waals surface area contributed by atoms with Crippen molar-refractivity contribution in [3.05, 3.63) is 28.3 Å². The normalized spacial score (nSPS) is 10.2. The van der Waals surface area contributed by atoms with Crippen LogP contribution in [0.3, 0.4) is 0 Å². The highest BCUT2D eigenvalue weighted by Crippen LogP contribution is 2.33. The van der Waals surface area contributed by atoms with Crippen LogP contribution in [0.25, 0.3) is 0 Å². The molecule has 0 unspecified atom stereocenters. The third-order valence-electron chi connectivity index (χ3n) is 1.99. The first-order valence-corrected chi connectivity index (χ1v) is 5.32. The van der Waals surface area contributed by atoms with Gasteiger partial charge in [-0.15, -0.1) is 0 Å². The molecule has 1 aromatic rings. The maximum atomic E-state index is 11.4. The lowest BCUT2D eigenvalue weighted by Crippen LogP contribution is -2.17. The number of phenolic OH excluding ortho intramolecular Hbond substituents is 1. The monoisotopic (exact) mass is 254 g/mol. The van der Waals surface area contributed by atoms with Crippen molar-refractivity contribution in [1.29, 1.82) is 0 Å². The van der Waals surface area contributed by atoms with E-state index < -0.39 is 16.7 Å². The second-order valence-corrected chi connectivity index (χ2v) is 4.05. The van der Waals surface area contributed by atoms with Crippen LogP contribution in [0, 0.1) is 16.0 Å². The van der Waals surface area contributed by atoms with Crippen LogP contribution >= 0.6 is 0 Å². The number of ether oxygens (including phenoxy) is 1. The van der Waals surface area contributed by atoms with Crippen LogP contribution in [0.15, 0.2) is 18.2 Å². The van der Waals surface area contributed by atoms with Crippen molar-refractivity contribution in [2.24, 2.45) is 5.92 Å². The first-order valence-electron chi connectivity index (χ1n) is 5.32. The Kier molecular flexibility index (Phi) is 4.47. The molecule has 7 nitrogen and oxygen atoms in total. The van der Waals surface area contributed by atoms with Gasteiger partial charge in [0.1, 0.15) is 5.75 Å². The highest BCUT2D eigenvalue weighted by molar-refractivity contribution is 5.90. The van der Waals surface area contributed by atoms with E-state index in [1.807, 2.05) is 13.8 Å². The average molecular weight is 254 g/mol. The van der Waals surface area contributed by atoms with Crippen LogP contribution in [0.1, 0.15) is 13.8 Å². The smallest absolute Gasteiger partial charge is 0.411 e. The summed E-state index contributed by atoms with van der Waals surface area (Å²) in [5.41, 5.74) is -0.659. The number of nitro benzene ring substituents is 1. The molecule has 1 amide bonds. The third kappa shape index (κ3) is 3.62. The molecule has 0 aromatic heterocycles. The van der Waals surface area contributed by atoms with Gasteiger partial charge in [-0.05, 0) is 12.0 Å². The van der Waals surface area contributed by atoms with E-state index in [9.17, 15) is 20.0 Å². The van der Waals surface area contributed by atoms with Gasteiger partial charge in [0, 0.05) is 6.07 Å². The molecule has 0 heterocycles. The Hall–Kier alpha value is -2.31. The standard InChI is InChI=1S/C11H14N2O5/c1-7(2)6-18-11(15)12-10-8(13(16)17)4-3-5-9(10)14/h3-5,7,14H,6H2,1-2H3,(H,12,15). The molecule has 1 rings (SSSR count). The summed E-state index contributed by atoms with van der Waals surface area (Å²) in [6.45, 7) is 3.90. The number of aromatic hydroxyl groups is 1. The predicted octanol–water partition coefficient (Wildman–Crippen LogP) is 2.50. The fourth-order valence-electron chi connectivity index (χ4n) is 1.19. The Labute approximate surface area is 104 Å². The summed E-state index contributed by atoms with van der Waals surface area (Å²) in [6, 6.07) is 3.74. The SMILES string of the molecule is CC(C)COC(=O)Nc1c(O)cccc1[N+](=O)[O-]. The number of phenols is 1. The quantitative estimate of drug-likeness (QED) is 0.488. The third-order valence-corrected chi connectivity index (χ3v) is 1.99. The summed E-state index contributed by atoms with van der Waals surface area (Å²) < 4.78 is 4.81. The maximum absolute atomic E-state index is 11.4. The molecule has 0 saturated heterocycles. The minimum absolute atomic E-state index is 0.148. The molecule has 0 atom stereocenters. The molecule has 7 heteroatoms. The van der Waals surface area contributed by atoms with Crippen molar-refractivity contribution in [2.75, 3.05) is 11.9 Å². The Morgan fingerprint density at radius 1 is 1.56 bits per heavy atom. The van der Waals surface area contributed by atoms with E-state index in [0.717, 1.165) is 0 Å². The molecule has 98 valence electrons. The molecule has 2 N–H and O–H groups in total. The zero-order valence-electron chi connectivity index (χ0n) is 10.0. The van der Waals surface area contributed by atoms with Gasteiger partial charge in [-0.1, -0.05) is 19.9 Å². The zero-order valence-corrected chi connectivity index (χ0v) is 10.0. The van der Waals surface area contributed by atoms with Crippen molar-refractivity contribution in [1.82, 2.24) is 0 Å². The minimum atomic E-state index is -0.840. The highest BCUT2D eigenvalue weighted by atomic mass is 16.6. The maximum Gasteiger partial charge on any atom is 0.411 e. The first kappa shape index (κ1) is 13.8. The zero-order chi connectivity index (χ0) is 13.7. The number of nitrogens with one attached hydrogen (secondary N) is 1. The summed E-state index contributed by atoms with van der Waals surface area (Å²) >= 11 is 0. The highest BCUT2D eigenvalue weighted by Gasteiger charge is 2.20. The van der Waals surface area contributed by atoms with E-state index in [1.54, 1.807) is 0 Å². The largest absolute Gasteiger partial charge is 0.505 e. The summed E-state index contributed by atoms with van der Waals surface area (Å²) in [7, 11) is 0. The predicted molar refractivity (Wildman–Crippen MR) is 64.6 cm³/mol. The molecule has 0 aliphatic rings. The molecule has 0 fully saturated rings. The Morgan fingerprint density at radius 3 is 2.78 bits per heavy atom. The summed E-state index contributed by atoms with van der Waals surface area (Å²) in [5, 5.41) is 22.4.